The van der Waals surface area contributed by atoms with Crippen molar-refractivity contribution >= 4 is 11.9 Å². The topological polar surface area (TPSA) is 78.9 Å². The Kier molecular flexibility index (Phi) is 5.28. The number of aliphatic hydroxyl groups is 1. The maximum Gasteiger partial charge on any atom is 0.325 e. The number of carbonyl (C=O) groups excluding carboxylic acids is 2. The number of nitrogens with one attached hydrogen (secondary N) is 1. The van der Waals surface area contributed by atoms with Gasteiger partial charge in [-0.25, -0.2) is 18.0 Å². The molecule has 0 saturated carbocycles. The fourth-order valence-corrected chi connectivity index (χ4v) is 2.85. The summed E-state index contributed by atoms with van der Waals surface area (Å²) in [4.78, 5) is 25.7. The molecule has 0 radical (unpaired) electrons. The van der Waals surface area contributed by atoms with E-state index in [2.05, 4.69) is 5.32 Å². The Morgan fingerprint density at radius 2 is 1.79 bits per heavy atom. The molecular weight excluding hydrogens is 377 g/mol. The average molecular weight is 394 g/mol. The van der Waals surface area contributed by atoms with Gasteiger partial charge in [-0.15, -0.1) is 0 Å². The van der Waals surface area contributed by atoms with Crippen molar-refractivity contribution in [3.8, 4) is 5.75 Å². The molecule has 148 valence electrons. The number of rotatable bonds is 6. The molecule has 2 N–H and O–H groups in total. The third kappa shape index (κ3) is 3.79. The highest BCUT2D eigenvalue weighted by Gasteiger charge is 2.49. The van der Waals surface area contributed by atoms with Crippen molar-refractivity contribution in [3.05, 3.63) is 65.5 Å². The van der Waals surface area contributed by atoms with Crippen LogP contribution in [0.5, 0.6) is 5.75 Å². The molecule has 3 rings (SSSR count). The maximum absolute atomic E-state index is 13.5. The van der Waals surface area contributed by atoms with E-state index in [0.717, 1.165) is 17.0 Å². The number of amides is 3. The standard InChI is InChI=1S/C19H17F3N2O4/c1-19(11-2-7-15(21)16(22)8-11)17(26)24(18(27)23-19)9-13(25)10-28-14-5-3-12(20)4-6-14/h2-8,13,25H,9-10H2,1H3,(H,23,27). The van der Waals surface area contributed by atoms with Crippen molar-refractivity contribution < 1.29 is 32.6 Å². The first-order chi connectivity index (χ1) is 13.2. The second-order valence-electron chi connectivity index (χ2n) is 6.52. The Morgan fingerprint density at radius 3 is 2.43 bits per heavy atom. The number of urea groups is 1. The zero-order valence-corrected chi connectivity index (χ0v) is 14.8. The minimum atomic E-state index is -1.59. The Morgan fingerprint density at radius 1 is 1.11 bits per heavy atom. The molecular formula is C19H17F3N2O4. The van der Waals surface area contributed by atoms with E-state index < -0.39 is 41.0 Å². The number of nitrogens with zero attached hydrogens (tertiary/aromatic N) is 1. The van der Waals surface area contributed by atoms with Gasteiger partial charge in [0, 0.05) is 0 Å². The molecule has 1 heterocycles. The molecule has 2 unspecified atom stereocenters. The summed E-state index contributed by atoms with van der Waals surface area (Å²) in [6.45, 7) is 0.747. The summed E-state index contributed by atoms with van der Waals surface area (Å²) in [5.74, 6) is -3.07. The van der Waals surface area contributed by atoms with Crippen molar-refractivity contribution in [1.29, 1.82) is 0 Å². The largest absolute Gasteiger partial charge is 0.491 e. The number of benzene rings is 2. The van der Waals surface area contributed by atoms with Crippen LogP contribution in [0.25, 0.3) is 0 Å². The van der Waals surface area contributed by atoms with Crippen LogP contribution in [0.15, 0.2) is 42.5 Å². The van der Waals surface area contributed by atoms with E-state index in [1.54, 1.807) is 0 Å². The highest BCUT2D eigenvalue weighted by atomic mass is 19.2. The van der Waals surface area contributed by atoms with E-state index in [1.807, 2.05) is 0 Å². The molecule has 0 spiro atoms. The fraction of sp³-hybridized carbons (Fsp3) is 0.263. The van der Waals surface area contributed by atoms with Crippen molar-refractivity contribution in [2.45, 2.75) is 18.6 Å². The lowest BCUT2D eigenvalue weighted by molar-refractivity contribution is -0.132. The first kappa shape index (κ1) is 19.7. The van der Waals surface area contributed by atoms with Gasteiger partial charge in [0.2, 0.25) is 0 Å². The smallest absolute Gasteiger partial charge is 0.325 e. The third-order valence-corrected chi connectivity index (χ3v) is 4.42. The first-order valence-electron chi connectivity index (χ1n) is 8.37. The Labute approximate surface area is 158 Å². The van der Waals surface area contributed by atoms with Crippen LogP contribution in [0.2, 0.25) is 0 Å². The van der Waals surface area contributed by atoms with E-state index in [0.29, 0.717) is 5.75 Å². The molecule has 1 fully saturated rings. The average Bonchev–Trinajstić information content (AvgIpc) is 2.87. The molecule has 1 saturated heterocycles. The molecule has 3 amide bonds. The minimum absolute atomic E-state index is 0.0734. The SMILES string of the molecule is CC1(c2ccc(F)c(F)c2)NC(=O)N(CC(O)COc2ccc(F)cc2)C1=O. The van der Waals surface area contributed by atoms with E-state index in [9.17, 15) is 27.9 Å². The van der Waals surface area contributed by atoms with Crippen LogP contribution in [-0.2, 0) is 10.3 Å². The van der Waals surface area contributed by atoms with Gasteiger partial charge in [0.05, 0.1) is 6.54 Å². The van der Waals surface area contributed by atoms with Crippen molar-refractivity contribution in [1.82, 2.24) is 10.2 Å². The highest BCUT2D eigenvalue weighted by Crippen LogP contribution is 2.30. The molecule has 1 aliphatic heterocycles. The number of hydrogen-bond acceptors (Lipinski definition) is 4. The van der Waals surface area contributed by atoms with Crippen LogP contribution >= 0.6 is 0 Å². The van der Waals surface area contributed by atoms with Gasteiger partial charge >= 0.3 is 6.03 Å². The zero-order valence-electron chi connectivity index (χ0n) is 14.8. The van der Waals surface area contributed by atoms with Crippen LogP contribution in [-0.4, -0.2) is 41.2 Å². The Bertz CT molecular complexity index is 907. The predicted molar refractivity (Wildman–Crippen MR) is 91.9 cm³/mol. The molecule has 0 aliphatic carbocycles. The first-order valence-corrected chi connectivity index (χ1v) is 8.37. The quantitative estimate of drug-likeness (QED) is 0.737. The number of imide groups is 1. The summed E-state index contributed by atoms with van der Waals surface area (Å²) in [5, 5.41) is 12.5. The minimum Gasteiger partial charge on any atom is -0.491 e. The summed E-state index contributed by atoms with van der Waals surface area (Å²) in [6.07, 6.45) is -1.22. The van der Waals surface area contributed by atoms with Gasteiger partial charge in [0.1, 0.15) is 29.8 Å². The van der Waals surface area contributed by atoms with Crippen LogP contribution in [0.3, 0.4) is 0 Å². The van der Waals surface area contributed by atoms with Gasteiger partial charge in [0.25, 0.3) is 5.91 Å². The lowest BCUT2D eigenvalue weighted by atomic mass is 9.92. The summed E-state index contributed by atoms with van der Waals surface area (Å²) >= 11 is 0. The second kappa shape index (κ2) is 7.51. The van der Waals surface area contributed by atoms with E-state index >= 15 is 0 Å². The summed E-state index contributed by atoms with van der Waals surface area (Å²) in [5.41, 5.74) is -1.52. The summed E-state index contributed by atoms with van der Waals surface area (Å²) < 4.78 is 44.8. The number of carbonyl (C=O) groups is 2. The van der Waals surface area contributed by atoms with Crippen LogP contribution in [0, 0.1) is 17.5 Å². The number of halogens is 3. The zero-order chi connectivity index (χ0) is 20.5. The Hall–Kier alpha value is -3.07. The van der Waals surface area contributed by atoms with Gasteiger partial charge in [-0.1, -0.05) is 6.07 Å². The molecule has 1 aliphatic rings. The number of ether oxygens (including phenoxy) is 1. The van der Waals surface area contributed by atoms with Gasteiger partial charge in [-0.2, -0.15) is 0 Å². The molecule has 28 heavy (non-hydrogen) atoms. The molecule has 6 nitrogen and oxygen atoms in total. The fourth-order valence-electron chi connectivity index (χ4n) is 2.85. The molecule has 0 aromatic heterocycles. The van der Waals surface area contributed by atoms with E-state index in [1.165, 1.54) is 37.3 Å². The molecule has 2 atom stereocenters. The van der Waals surface area contributed by atoms with Crippen molar-refractivity contribution in [2.75, 3.05) is 13.2 Å². The van der Waals surface area contributed by atoms with Gasteiger partial charge in [0.15, 0.2) is 11.6 Å². The molecule has 2 aromatic carbocycles. The maximum atomic E-state index is 13.5. The van der Waals surface area contributed by atoms with Crippen LogP contribution in [0.1, 0.15) is 12.5 Å². The lowest BCUT2D eigenvalue weighted by Crippen LogP contribution is -2.42. The molecule has 2 aromatic rings. The predicted octanol–water partition coefficient (Wildman–Crippen LogP) is 2.31. The van der Waals surface area contributed by atoms with Crippen LogP contribution < -0.4 is 10.1 Å². The lowest BCUT2D eigenvalue weighted by Gasteiger charge is -2.23. The third-order valence-electron chi connectivity index (χ3n) is 4.42. The van der Waals surface area contributed by atoms with E-state index in [4.69, 9.17) is 4.74 Å². The number of aliphatic hydroxyl groups excluding tert-OH is 1. The highest BCUT2D eigenvalue weighted by molar-refractivity contribution is 6.07. The van der Waals surface area contributed by atoms with Crippen LogP contribution in [0.4, 0.5) is 18.0 Å². The summed E-state index contributed by atoms with van der Waals surface area (Å²) in [6, 6.07) is 7.24. The molecule has 0 bridgehead atoms. The van der Waals surface area contributed by atoms with Gasteiger partial charge < -0.3 is 15.2 Å². The van der Waals surface area contributed by atoms with Crippen molar-refractivity contribution in [2.24, 2.45) is 0 Å². The monoisotopic (exact) mass is 394 g/mol. The number of hydrogen-bond donors (Lipinski definition) is 2. The van der Waals surface area contributed by atoms with Gasteiger partial charge in [-0.3, -0.25) is 9.69 Å². The summed E-state index contributed by atoms with van der Waals surface area (Å²) in [7, 11) is 0. The van der Waals surface area contributed by atoms with Gasteiger partial charge in [-0.05, 0) is 48.9 Å². The van der Waals surface area contributed by atoms with E-state index in [-0.39, 0.29) is 18.7 Å². The normalized spacial score (nSPS) is 20.2. The number of β-amino-alcohol motifs (C(OH)–C–C–N with tert-alkyl or cyclic N) is 1. The molecule has 9 heteroatoms. The van der Waals surface area contributed by atoms with Crippen molar-refractivity contribution in [3.63, 3.8) is 0 Å². The second-order valence-corrected chi connectivity index (χ2v) is 6.52. The Balaban J connectivity index is 1.67.